The van der Waals surface area contributed by atoms with Gasteiger partial charge in [0, 0.05) is 45.1 Å². The molecule has 0 amide bonds. The van der Waals surface area contributed by atoms with Crippen molar-refractivity contribution in [2.75, 3.05) is 26.4 Å². The largest absolute Gasteiger partial charge is 0.381 e. The van der Waals surface area contributed by atoms with E-state index in [9.17, 15) is 0 Å². The van der Waals surface area contributed by atoms with E-state index in [1.54, 1.807) is 0 Å². The monoisotopic (exact) mass is 264 g/mol. The molecule has 0 aromatic carbocycles. The fourth-order valence-corrected chi connectivity index (χ4v) is 2.88. The molecule has 0 radical (unpaired) electrons. The average Bonchev–Trinajstić information content (AvgIpc) is 2.47. The fourth-order valence-electron chi connectivity index (χ4n) is 2.88. The molecule has 1 aromatic heterocycles. The maximum atomic E-state index is 6.17. The number of likely N-dealkylation sites (N-methyl/N-ethyl adjacent to an activating group) is 1. The molecule has 0 saturated carbocycles. The molecular weight excluding hydrogens is 240 g/mol. The lowest BCUT2D eigenvalue weighted by molar-refractivity contribution is -0.127. The van der Waals surface area contributed by atoms with E-state index in [1.165, 1.54) is 5.56 Å². The molecule has 4 heteroatoms. The highest BCUT2D eigenvalue weighted by Crippen LogP contribution is 2.37. The van der Waals surface area contributed by atoms with Crippen LogP contribution < -0.4 is 5.32 Å². The zero-order chi connectivity index (χ0) is 13.6. The maximum Gasteiger partial charge on any atom is 0.0920 e. The lowest BCUT2D eigenvalue weighted by Gasteiger charge is -2.43. The van der Waals surface area contributed by atoms with Crippen molar-refractivity contribution >= 4 is 0 Å². The minimum atomic E-state index is -0.175. The molecule has 4 nitrogen and oxygen atoms in total. The number of aromatic nitrogens is 1. The smallest absolute Gasteiger partial charge is 0.0920 e. The van der Waals surface area contributed by atoms with Gasteiger partial charge in [-0.05, 0) is 25.1 Å². The summed E-state index contributed by atoms with van der Waals surface area (Å²) in [5.74, 6) is 0. The molecule has 1 N–H and O–H groups in total. The number of hydrogen-bond donors (Lipinski definition) is 1. The Kier molecular flexibility index (Phi) is 5.31. The van der Waals surface area contributed by atoms with Crippen molar-refractivity contribution in [3.05, 3.63) is 30.1 Å². The number of pyridine rings is 1. The second-order valence-electron chi connectivity index (χ2n) is 4.89. The molecule has 1 aliphatic heterocycles. The van der Waals surface area contributed by atoms with Gasteiger partial charge >= 0.3 is 0 Å². The summed E-state index contributed by atoms with van der Waals surface area (Å²) in [6.45, 7) is 7.35. The summed E-state index contributed by atoms with van der Waals surface area (Å²) in [5.41, 5.74) is 1.02. The average molecular weight is 264 g/mol. The fraction of sp³-hybridized carbons (Fsp3) is 0.667. The van der Waals surface area contributed by atoms with Crippen LogP contribution in [-0.2, 0) is 9.47 Å². The first-order valence-electron chi connectivity index (χ1n) is 7.17. The van der Waals surface area contributed by atoms with Gasteiger partial charge in [0.1, 0.15) is 0 Å². The van der Waals surface area contributed by atoms with E-state index in [1.807, 2.05) is 18.5 Å². The van der Waals surface area contributed by atoms with Gasteiger partial charge < -0.3 is 14.8 Å². The predicted octanol–water partition coefficient (Wildman–Crippen LogP) is 2.32. The SMILES string of the molecule is CCNC(c1cccnc1)C1(OCC)CCOCC1. The summed E-state index contributed by atoms with van der Waals surface area (Å²) >= 11 is 0. The molecule has 1 aliphatic rings. The van der Waals surface area contributed by atoms with E-state index < -0.39 is 0 Å². The zero-order valence-electron chi connectivity index (χ0n) is 11.9. The number of nitrogens with one attached hydrogen (secondary N) is 1. The normalized spacial score (nSPS) is 20.1. The Morgan fingerprint density at radius 3 is 2.79 bits per heavy atom. The lowest BCUT2D eigenvalue weighted by atomic mass is 9.82. The molecule has 19 heavy (non-hydrogen) atoms. The van der Waals surface area contributed by atoms with Crippen molar-refractivity contribution in [3.8, 4) is 0 Å². The second-order valence-corrected chi connectivity index (χ2v) is 4.89. The Hall–Kier alpha value is -0.970. The highest BCUT2D eigenvalue weighted by atomic mass is 16.5. The van der Waals surface area contributed by atoms with Crippen LogP contribution >= 0.6 is 0 Å². The summed E-state index contributed by atoms with van der Waals surface area (Å²) in [7, 11) is 0. The highest BCUT2D eigenvalue weighted by molar-refractivity contribution is 5.19. The quantitative estimate of drug-likeness (QED) is 0.856. The first-order chi connectivity index (χ1) is 9.32. The molecule has 1 atom stereocenters. The number of nitrogens with zero attached hydrogens (tertiary/aromatic N) is 1. The zero-order valence-corrected chi connectivity index (χ0v) is 11.9. The molecule has 1 fully saturated rings. The Morgan fingerprint density at radius 2 is 2.21 bits per heavy atom. The Labute approximate surface area is 115 Å². The summed E-state index contributed by atoms with van der Waals surface area (Å²) in [6, 6.07) is 4.28. The Bertz CT molecular complexity index is 358. The molecule has 2 heterocycles. The Morgan fingerprint density at radius 1 is 1.42 bits per heavy atom. The van der Waals surface area contributed by atoms with Crippen LogP contribution in [0.25, 0.3) is 0 Å². The summed E-state index contributed by atoms with van der Waals surface area (Å²) in [6.07, 6.45) is 5.59. The molecule has 0 spiro atoms. The van der Waals surface area contributed by atoms with E-state index in [-0.39, 0.29) is 11.6 Å². The van der Waals surface area contributed by atoms with Gasteiger partial charge in [0.25, 0.3) is 0 Å². The van der Waals surface area contributed by atoms with E-state index >= 15 is 0 Å². The molecule has 2 rings (SSSR count). The van der Waals surface area contributed by atoms with Gasteiger partial charge in [0.15, 0.2) is 0 Å². The van der Waals surface area contributed by atoms with Crippen LogP contribution in [0, 0.1) is 0 Å². The van der Waals surface area contributed by atoms with Crippen LogP contribution in [0.4, 0.5) is 0 Å². The van der Waals surface area contributed by atoms with Crippen LogP contribution in [0.3, 0.4) is 0 Å². The van der Waals surface area contributed by atoms with Crippen molar-refractivity contribution in [1.29, 1.82) is 0 Å². The predicted molar refractivity (Wildman–Crippen MR) is 75.1 cm³/mol. The van der Waals surface area contributed by atoms with Crippen molar-refractivity contribution in [2.24, 2.45) is 0 Å². The van der Waals surface area contributed by atoms with E-state index in [0.29, 0.717) is 0 Å². The van der Waals surface area contributed by atoms with Gasteiger partial charge in [-0.2, -0.15) is 0 Å². The van der Waals surface area contributed by atoms with E-state index in [0.717, 1.165) is 39.2 Å². The van der Waals surface area contributed by atoms with Crippen molar-refractivity contribution in [3.63, 3.8) is 0 Å². The Balaban J connectivity index is 2.28. The van der Waals surface area contributed by atoms with Crippen LogP contribution in [0.2, 0.25) is 0 Å². The molecule has 0 aliphatic carbocycles. The minimum absolute atomic E-state index is 0.175. The molecule has 1 saturated heterocycles. The number of rotatable bonds is 6. The summed E-state index contributed by atoms with van der Waals surface area (Å²) in [4.78, 5) is 4.25. The van der Waals surface area contributed by atoms with Crippen LogP contribution in [0.1, 0.15) is 38.3 Å². The molecule has 1 aromatic rings. The number of hydrogen-bond acceptors (Lipinski definition) is 4. The first-order valence-corrected chi connectivity index (χ1v) is 7.17. The molecule has 0 bridgehead atoms. The minimum Gasteiger partial charge on any atom is -0.381 e. The number of ether oxygens (including phenoxy) is 2. The third kappa shape index (κ3) is 3.32. The molecular formula is C15H24N2O2. The van der Waals surface area contributed by atoms with Crippen LogP contribution in [0.5, 0.6) is 0 Å². The van der Waals surface area contributed by atoms with Crippen LogP contribution in [0.15, 0.2) is 24.5 Å². The van der Waals surface area contributed by atoms with Crippen molar-refractivity contribution in [1.82, 2.24) is 10.3 Å². The third-order valence-electron chi connectivity index (χ3n) is 3.72. The summed E-state index contributed by atoms with van der Waals surface area (Å²) < 4.78 is 11.7. The van der Waals surface area contributed by atoms with Gasteiger partial charge in [-0.15, -0.1) is 0 Å². The third-order valence-corrected chi connectivity index (χ3v) is 3.72. The second kappa shape index (κ2) is 6.98. The topological polar surface area (TPSA) is 43.4 Å². The van der Waals surface area contributed by atoms with Gasteiger partial charge in [0.2, 0.25) is 0 Å². The lowest BCUT2D eigenvalue weighted by Crippen LogP contribution is -2.50. The molecule has 106 valence electrons. The van der Waals surface area contributed by atoms with Crippen LogP contribution in [-0.4, -0.2) is 37.0 Å². The maximum absolute atomic E-state index is 6.17. The van der Waals surface area contributed by atoms with E-state index in [2.05, 4.69) is 30.2 Å². The standard InChI is InChI=1S/C15H24N2O2/c1-3-17-14(13-6-5-9-16-12-13)15(19-4-2)7-10-18-11-8-15/h5-6,9,12,14,17H,3-4,7-8,10-11H2,1-2H3. The van der Waals surface area contributed by atoms with Gasteiger partial charge in [-0.1, -0.05) is 13.0 Å². The summed E-state index contributed by atoms with van der Waals surface area (Å²) in [5, 5.41) is 3.57. The van der Waals surface area contributed by atoms with Crippen molar-refractivity contribution in [2.45, 2.75) is 38.3 Å². The molecule has 1 unspecified atom stereocenters. The highest BCUT2D eigenvalue weighted by Gasteiger charge is 2.41. The van der Waals surface area contributed by atoms with Gasteiger partial charge in [0.05, 0.1) is 11.6 Å². The van der Waals surface area contributed by atoms with Gasteiger partial charge in [-0.3, -0.25) is 4.98 Å². The first kappa shape index (κ1) is 14.4. The van der Waals surface area contributed by atoms with Gasteiger partial charge in [-0.25, -0.2) is 0 Å². The van der Waals surface area contributed by atoms with Crippen molar-refractivity contribution < 1.29 is 9.47 Å². The van der Waals surface area contributed by atoms with E-state index in [4.69, 9.17) is 9.47 Å².